The van der Waals surface area contributed by atoms with Crippen LogP contribution in [0.4, 0.5) is 0 Å². The lowest BCUT2D eigenvalue weighted by Gasteiger charge is -2.28. The first-order valence-electron chi connectivity index (χ1n) is 7.57. The molecule has 3 N–H and O–H groups in total. The quantitative estimate of drug-likeness (QED) is 0.721. The van der Waals surface area contributed by atoms with Crippen molar-refractivity contribution in [3.05, 3.63) is 18.3 Å². The molecule has 0 spiro atoms. The first-order valence-corrected chi connectivity index (χ1v) is 10.9. The van der Waals surface area contributed by atoms with Crippen molar-refractivity contribution in [1.82, 2.24) is 9.71 Å². The number of rotatable bonds is 5. The third kappa shape index (κ3) is 5.66. The van der Waals surface area contributed by atoms with E-state index in [1.165, 1.54) is 12.1 Å². The van der Waals surface area contributed by atoms with Crippen LogP contribution in [0.3, 0.4) is 0 Å². The third-order valence-corrected chi connectivity index (χ3v) is 6.50. The lowest BCUT2D eigenvalue weighted by atomic mass is 9.92. The Labute approximate surface area is 149 Å². The molecule has 138 valence electrons. The molecule has 2 rings (SSSR count). The molecule has 0 bridgehead atoms. The van der Waals surface area contributed by atoms with Crippen molar-refractivity contribution in [2.24, 2.45) is 5.73 Å². The van der Waals surface area contributed by atoms with Gasteiger partial charge in [-0.3, -0.25) is 0 Å². The van der Waals surface area contributed by atoms with Gasteiger partial charge in [-0.2, -0.15) is 0 Å². The molecule has 1 aliphatic rings. The largest absolute Gasteiger partial charge is 0.324 e. The van der Waals surface area contributed by atoms with Crippen LogP contribution in [-0.4, -0.2) is 40.2 Å². The van der Waals surface area contributed by atoms with Gasteiger partial charge in [-0.25, -0.2) is 26.5 Å². The van der Waals surface area contributed by atoms with E-state index in [1.54, 1.807) is 0 Å². The van der Waals surface area contributed by atoms with Gasteiger partial charge in [0.05, 0.1) is 0 Å². The number of halogens is 1. The first kappa shape index (κ1) is 21.3. The second-order valence-electron chi connectivity index (χ2n) is 6.21. The number of aromatic nitrogens is 1. The standard InChI is InChI=1S/C14H23N3O4S2.ClH/c1-22(18,19)13-7-6-12(10-16-13)23(20,21)17-11-14(15)8-4-2-3-5-9-14;/h6-7,10,17H,2-5,8-9,11,15H2,1H3;1H. The summed E-state index contributed by atoms with van der Waals surface area (Å²) in [5.74, 6) is 0. The SMILES string of the molecule is CS(=O)(=O)c1ccc(S(=O)(=O)NCC2(N)CCCCCC2)cn1.Cl. The van der Waals surface area contributed by atoms with Gasteiger partial charge in [0.1, 0.15) is 4.90 Å². The Balaban J connectivity index is 0.00000288. The Kier molecular flexibility index (Phi) is 7.18. The molecule has 1 aromatic heterocycles. The van der Waals surface area contributed by atoms with Gasteiger partial charge >= 0.3 is 0 Å². The fourth-order valence-corrected chi connectivity index (χ4v) is 4.32. The molecule has 0 aliphatic heterocycles. The summed E-state index contributed by atoms with van der Waals surface area (Å²) in [6.45, 7) is 0.170. The summed E-state index contributed by atoms with van der Waals surface area (Å²) >= 11 is 0. The highest BCUT2D eigenvalue weighted by Gasteiger charge is 2.28. The summed E-state index contributed by atoms with van der Waals surface area (Å²) in [4.78, 5) is 3.64. The summed E-state index contributed by atoms with van der Waals surface area (Å²) in [5, 5.41) is -0.157. The second kappa shape index (κ2) is 8.09. The summed E-state index contributed by atoms with van der Waals surface area (Å²) in [5.41, 5.74) is 5.78. The molecule has 10 heteroatoms. The van der Waals surface area contributed by atoms with E-state index >= 15 is 0 Å². The number of sulfone groups is 1. The van der Waals surface area contributed by atoms with Crippen LogP contribution in [0.5, 0.6) is 0 Å². The molecule has 1 aromatic rings. The maximum absolute atomic E-state index is 12.3. The van der Waals surface area contributed by atoms with Crippen LogP contribution >= 0.6 is 12.4 Å². The van der Waals surface area contributed by atoms with Crippen LogP contribution in [0.25, 0.3) is 0 Å². The number of sulfonamides is 1. The number of nitrogens with one attached hydrogen (secondary N) is 1. The van der Waals surface area contributed by atoms with E-state index in [0.29, 0.717) is 0 Å². The minimum atomic E-state index is -3.76. The minimum absolute atomic E-state index is 0. The maximum Gasteiger partial charge on any atom is 0.242 e. The van der Waals surface area contributed by atoms with Gasteiger partial charge in [-0.05, 0) is 25.0 Å². The van der Waals surface area contributed by atoms with Crippen LogP contribution in [-0.2, 0) is 19.9 Å². The predicted molar refractivity (Wildman–Crippen MR) is 94.4 cm³/mol. The van der Waals surface area contributed by atoms with Crippen molar-refractivity contribution in [3.8, 4) is 0 Å². The van der Waals surface area contributed by atoms with Crippen LogP contribution in [0.2, 0.25) is 0 Å². The summed E-state index contributed by atoms with van der Waals surface area (Å²) in [6, 6.07) is 2.43. The number of pyridine rings is 1. The van der Waals surface area contributed by atoms with Gasteiger partial charge in [-0.1, -0.05) is 25.7 Å². The van der Waals surface area contributed by atoms with E-state index < -0.39 is 25.4 Å². The van der Waals surface area contributed by atoms with Gasteiger partial charge in [-0.15, -0.1) is 12.4 Å². The Morgan fingerprint density at radius 2 is 1.71 bits per heavy atom. The average Bonchev–Trinajstić information content (AvgIpc) is 2.70. The Morgan fingerprint density at radius 1 is 1.12 bits per heavy atom. The first-order chi connectivity index (χ1) is 10.6. The molecule has 1 fully saturated rings. The number of nitrogens with zero attached hydrogens (tertiary/aromatic N) is 1. The van der Waals surface area contributed by atoms with E-state index in [1.807, 2.05) is 0 Å². The van der Waals surface area contributed by atoms with Crippen molar-refractivity contribution in [2.45, 2.75) is 54.0 Å². The van der Waals surface area contributed by atoms with Crippen LogP contribution in [0.1, 0.15) is 38.5 Å². The Bertz CT molecular complexity index is 741. The van der Waals surface area contributed by atoms with Gasteiger partial charge in [0.2, 0.25) is 10.0 Å². The summed E-state index contributed by atoms with van der Waals surface area (Å²) < 4.78 is 49.9. The fourth-order valence-electron chi connectivity index (χ4n) is 2.68. The highest BCUT2D eigenvalue weighted by molar-refractivity contribution is 7.90. The zero-order valence-corrected chi connectivity index (χ0v) is 16.0. The fraction of sp³-hybridized carbons (Fsp3) is 0.643. The molecule has 24 heavy (non-hydrogen) atoms. The molecule has 7 nitrogen and oxygen atoms in total. The molecule has 1 aliphatic carbocycles. The minimum Gasteiger partial charge on any atom is -0.324 e. The van der Waals surface area contributed by atoms with Crippen molar-refractivity contribution in [1.29, 1.82) is 0 Å². The van der Waals surface area contributed by atoms with E-state index in [9.17, 15) is 16.8 Å². The predicted octanol–water partition coefficient (Wildman–Crippen LogP) is 1.24. The Morgan fingerprint density at radius 3 is 2.17 bits per heavy atom. The van der Waals surface area contributed by atoms with Gasteiger partial charge in [0.25, 0.3) is 0 Å². The van der Waals surface area contributed by atoms with Gasteiger partial charge in [0, 0.05) is 24.5 Å². The van der Waals surface area contributed by atoms with Crippen LogP contribution in [0, 0.1) is 0 Å². The molecular formula is C14H24ClN3O4S2. The zero-order valence-electron chi connectivity index (χ0n) is 13.6. The highest BCUT2D eigenvalue weighted by atomic mass is 35.5. The normalized spacial score (nSPS) is 18.4. The smallest absolute Gasteiger partial charge is 0.242 e. The van der Waals surface area contributed by atoms with E-state index in [4.69, 9.17) is 5.73 Å². The zero-order chi connectivity index (χ0) is 17.1. The molecule has 1 heterocycles. The molecule has 0 unspecified atom stereocenters. The Hall–Kier alpha value is -0.740. The molecule has 0 aromatic carbocycles. The molecule has 0 radical (unpaired) electrons. The van der Waals surface area contributed by atoms with E-state index in [2.05, 4.69) is 9.71 Å². The van der Waals surface area contributed by atoms with Gasteiger partial charge < -0.3 is 5.73 Å². The van der Waals surface area contributed by atoms with Crippen molar-refractivity contribution in [3.63, 3.8) is 0 Å². The number of hydrogen-bond donors (Lipinski definition) is 2. The van der Waals surface area contributed by atoms with Crippen molar-refractivity contribution >= 4 is 32.3 Å². The van der Waals surface area contributed by atoms with Crippen LogP contribution < -0.4 is 10.5 Å². The number of hydrogen-bond acceptors (Lipinski definition) is 6. The van der Waals surface area contributed by atoms with Crippen LogP contribution in [0.15, 0.2) is 28.3 Å². The maximum atomic E-state index is 12.3. The second-order valence-corrected chi connectivity index (χ2v) is 9.94. The third-order valence-electron chi connectivity index (χ3n) is 4.11. The molecule has 1 saturated carbocycles. The van der Waals surface area contributed by atoms with E-state index in [0.717, 1.165) is 51.0 Å². The number of nitrogens with two attached hydrogens (primary N) is 1. The summed E-state index contributed by atoms with van der Waals surface area (Å²) in [7, 11) is -7.21. The molecular weight excluding hydrogens is 374 g/mol. The van der Waals surface area contributed by atoms with Crippen molar-refractivity contribution in [2.75, 3.05) is 12.8 Å². The lowest BCUT2D eigenvalue weighted by Crippen LogP contribution is -2.49. The lowest BCUT2D eigenvalue weighted by molar-refractivity contribution is 0.369. The molecule has 0 amide bonds. The van der Waals surface area contributed by atoms with E-state index in [-0.39, 0.29) is 28.9 Å². The topological polar surface area (TPSA) is 119 Å². The highest BCUT2D eigenvalue weighted by Crippen LogP contribution is 2.24. The van der Waals surface area contributed by atoms with Gasteiger partial charge in [0.15, 0.2) is 14.9 Å². The molecule has 0 saturated heterocycles. The van der Waals surface area contributed by atoms with Crippen molar-refractivity contribution < 1.29 is 16.8 Å². The monoisotopic (exact) mass is 397 g/mol. The average molecular weight is 398 g/mol. The summed E-state index contributed by atoms with van der Waals surface area (Å²) in [6.07, 6.45) is 7.92. The molecule has 0 atom stereocenters.